The molecule has 0 aromatic heterocycles. The average Bonchev–Trinajstić information content (AvgIpc) is 2.16. The fourth-order valence-electron chi connectivity index (χ4n) is 1.03. The van der Waals surface area contributed by atoms with E-state index in [2.05, 4.69) is 16.5 Å². The summed E-state index contributed by atoms with van der Waals surface area (Å²) in [6, 6.07) is 2.18. The van der Waals surface area contributed by atoms with Crippen molar-refractivity contribution >= 4 is 0 Å². The predicted octanol–water partition coefficient (Wildman–Crippen LogP) is -0.0171. The third-order valence-electron chi connectivity index (χ3n) is 1.85. The molecule has 1 saturated heterocycles. The molecule has 4 heteroatoms. The lowest BCUT2D eigenvalue weighted by Crippen LogP contribution is -2.46. The molecule has 0 spiro atoms. The molecule has 0 amide bonds. The first kappa shape index (κ1) is 9.46. The SMILES string of the molecule is CC(C#N)CNN1CCOCC1. The molecule has 1 heterocycles. The Morgan fingerprint density at radius 1 is 1.58 bits per heavy atom. The predicted molar refractivity (Wildman–Crippen MR) is 45.2 cm³/mol. The van der Waals surface area contributed by atoms with Crippen LogP contribution >= 0.6 is 0 Å². The highest BCUT2D eigenvalue weighted by molar-refractivity contribution is 4.79. The second kappa shape index (κ2) is 5.09. The summed E-state index contributed by atoms with van der Waals surface area (Å²) in [5, 5.41) is 10.6. The molecule has 0 aromatic rings. The Labute approximate surface area is 73.1 Å². The second-order valence-corrected chi connectivity index (χ2v) is 2.99. The van der Waals surface area contributed by atoms with Crippen LogP contribution in [-0.4, -0.2) is 37.9 Å². The van der Waals surface area contributed by atoms with Crippen LogP contribution in [0.15, 0.2) is 0 Å². The van der Waals surface area contributed by atoms with Crippen molar-refractivity contribution in [3.8, 4) is 6.07 Å². The highest BCUT2D eigenvalue weighted by Gasteiger charge is 2.10. The molecule has 12 heavy (non-hydrogen) atoms. The van der Waals surface area contributed by atoms with Crippen molar-refractivity contribution in [2.45, 2.75) is 6.92 Å². The second-order valence-electron chi connectivity index (χ2n) is 2.99. The topological polar surface area (TPSA) is 48.3 Å². The van der Waals surface area contributed by atoms with Crippen molar-refractivity contribution in [3.63, 3.8) is 0 Å². The summed E-state index contributed by atoms with van der Waals surface area (Å²) in [6.07, 6.45) is 0. The monoisotopic (exact) mass is 169 g/mol. The Morgan fingerprint density at radius 3 is 2.83 bits per heavy atom. The van der Waals surface area contributed by atoms with Crippen molar-refractivity contribution in [1.29, 1.82) is 5.26 Å². The zero-order valence-corrected chi connectivity index (χ0v) is 7.42. The molecule has 1 atom stereocenters. The zero-order chi connectivity index (χ0) is 8.81. The lowest BCUT2D eigenvalue weighted by Gasteiger charge is -2.27. The van der Waals surface area contributed by atoms with Gasteiger partial charge in [-0.1, -0.05) is 0 Å². The standard InChI is InChI=1S/C8H15N3O/c1-8(6-9)7-10-11-2-4-12-5-3-11/h8,10H,2-5,7H2,1H3. The molecular weight excluding hydrogens is 154 g/mol. The summed E-state index contributed by atoms with van der Waals surface area (Å²) < 4.78 is 5.19. The number of hydrogen-bond acceptors (Lipinski definition) is 4. The third-order valence-corrected chi connectivity index (χ3v) is 1.85. The van der Waals surface area contributed by atoms with Crippen LogP contribution in [0.25, 0.3) is 0 Å². The summed E-state index contributed by atoms with van der Waals surface area (Å²) in [6.45, 7) is 6.04. The Morgan fingerprint density at radius 2 is 2.25 bits per heavy atom. The molecule has 1 N–H and O–H groups in total. The maximum absolute atomic E-state index is 8.53. The van der Waals surface area contributed by atoms with Crippen LogP contribution in [0.3, 0.4) is 0 Å². The van der Waals surface area contributed by atoms with Crippen molar-refractivity contribution in [2.75, 3.05) is 32.8 Å². The Kier molecular flexibility index (Phi) is 4.01. The van der Waals surface area contributed by atoms with E-state index in [9.17, 15) is 0 Å². The lowest BCUT2D eigenvalue weighted by molar-refractivity contribution is 0.0109. The maximum atomic E-state index is 8.53. The lowest BCUT2D eigenvalue weighted by atomic mass is 10.2. The van der Waals surface area contributed by atoms with Crippen LogP contribution in [0.1, 0.15) is 6.92 Å². The van der Waals surface area contributed by atoms with Gasteiger partial charge in [0.2, 0.25) is 0 Å². The molecule has 1 aliphatic heterocycles. The molecule has 0 radical (unpaired) electrons. The highest BCUT2D eigenvalue weighted by atomic mass is 16.5. The van der Waals surface area contributed by atoms with E-state index in [4.69, 9.17) is 10.00 Å². The van der Waals surface area contributed by atoms with Gasteiger partial charge in [-0.05, 0) is 6.92 Å². The first-order chi connectivity index (χ1) is 5.83. The quantitative estimate of drug-likeness (QED) is 0.645. The zero-order valence-electron chi connectivity index (χ0n) is 7.42. The van der Waals surface area contributed by atoms with Crippen LogP contribution < -0.4 is 5.43 Å². The molecule has 0 bridgehead atoms. The highest BCUT2D eigenvalue weighted by Crippen LogP contribution is 1.94. The molecule has 0 aliphatic carbocycles. The molecule has 1 fully saturated rings. The number of morpholine rings is 1. The van der Waals surface area contributed by atoms with E-state index in [1.165, 1.54) is 0 Å². The fourth-order valence-corrected chi connectivity index (χ4v) is 1.03. The first-order valence-corrected chi connectivity index (χ1v) is 4.28. The van der Waals surface area contributed by atoms with Crippen LogP contribution in [0.5, 0.6) is 0 Å². The van der Waals surface area contributed by atoms with Gasteiger partial charge in [0.15, 0.2) is 0 Å². The number of nitrogens with zero attached hydrogens (tertiary/aromatic N) is 2. The Hall–Kier alpha value is -0.630. The summed E-state index contributed by atoms with van der Waals surface area (Å²) in [5.74, 6) is 0.0767. The van der Waals surface area contributed by atoms with Crippen LogP contribution in [0.2, 0.25) is 0 Å². The van der Waals surface area contributed by atoms with Gasteiger partial charge >= 0.3 is 0 Å². The van der Waals surface area contributed by atoms with E-state index in [-0.39, 0.29) is 5.92 Å². The van der Waals surface area contributed by atoms with Gasteiger partial charge in [-0.15, -0.1) is 0 Å². The minimum Gasteiger partial charge on any atom is -0.379 e. The molecule has 68 valence electrons. The van der Waals surface area contributed by atoms with Crippen LogP contribution in [0, 0.1) is 17.2 Å². The summed E-state index contributed by atoms with van der Waals surface area (Å²) >= 11 is 0. The van der Waals surface area contributed by atoms with Crippen molar-refractivity contribution in [2.24, 2.45) is 5.92 Å². The van der Waals surface area contributed by atoms with E-state index in [0.29, 0.717) is 0 Å². The van der Waals surface area contributed by atoms with Crippen molar-refractivity contribution in [3.05, 3.63) is 0 Å². The number of hydrogen-bond donors (Lipinski definition) is 1. The molecule has 1 rings (SSSR count). The summed E-state index contributed by atoms with van der Waals surface area (Å²) in [5.41, 5.74) is 3.20. The van der Waals surface area contributed by atoms with Crippen LogP contribution in [0.4, 0.5) is 0 Å². The molecule has 1 unspecified atom stereocenters. The normalized spacial score (nSPS) is 21.7. The molecule has 0 saturated carbocycles. The maximum Gasteiger partial charge on any atom is 0.0666 e. The number of ether oxygens (including phenoxy) is 1. The Balaban J connectivity index is 2.10. The number of hydrazine groups is 1. The van der Waals surface area contributed by atoms with Gasteiger partial charge in [0, 0.05) is 19.6 Å². The summed E-state index contributed by atoms with van der Waals surface area (Å²) in [7, 11) is 0. The van der Waals surface area contributed by atoms with Gasteiger partial charge in [-0.25, -0.2) is 5.01 Å². The Bertz CT molecular complexity index is 160. The largest absolute Gasteiger partial charge is 0.379 e. The number of nitriles is 1. The van der Waals surface area contributed by atoms with Gasteiger partial charge in [0.05, 0.1) is 25.2 Å². The van der Waals surface area contributed by atoms with Crippen molar-refractivity contribution in [1.82, 2.24) is 10.4 Å². The molecule has 0 aromatic carbocycles. The summed E-state index contributed by atoms with van der Waals surface area (Å²) in [4.78, 5) is 0. The third kappa shape index (κ3) is 3.18. The van der Waals surface area contributed by atoms with E-state index < -0.39 is 0 Å². The van der Waals surface area contributed by atoms with Gasteiger partial charge in [0.1, 0.15) is 0 Å². The number of rotatable bonds is 3. The van der Waals surface area contributed by atoms with Crippen LogP contribution in [-0.2, 0) is 4.74 Å². The smallest absolute Gasteiger partial charge is 0.0666 e. The number of nitrogens with one attached hydrogen (secondary N) is 1. The van der Waals surface area contributed by atoms with Gasteiger partial charge in [-0.2, -0.15) is 5.26 Å². The van der Waals surface area contributed by atoms with Gasteiger partial charge in [0.25, 0.3) is 0 Å². The fraction of sp³-hybridized carbons (Fsp3) is 0.875. The van der Waals surface area contributed by atoms with Gasteiger partial charge in [-0.3, -0.25) is 5.43 Å². The van der Waals surface area contributed by atoms with Gasteiger partial charge < -0.3 is 4.74 Å². The average molecular weight is 169 g/mol. The molecule has 1 aliphatic rings. The minimum atomic E-state index is 0.0767. The molecule has 4 nitrogen and oxygen atoms in total. The van der Waals surface area contributed by atoms with E-state index in [1.54, 1.807) is 0 Å². The van der Waals surface area contributed by atoms with E-state index in [0.717, 1.165) is 32.8 Å². The van der Waals surface area contributed by atoms with E-state index in [1.807, 2.05) is 6.92 Å². The van der Waals surface area contributed by atoms with E-state index >= 15 is 0 Å². The minimum absolute atomic E-state index is 0.0767. The first-order valence-electron chi connectivity index (χ1n) is 4.28. The molecular formula is C8H15N3O. The van der Waals surface area contributed by atoms with Crippen molar-refractivity contribution < 1.29 is 4.74 Å².